The van der Waals surface area contributed by atoms with E-state index in [9.17, 15) is 13.2 Å². The number of carbonyl (C=O) groups excluding carboxylic acids is 1. The van der Waals surface area contributed by atoms with Gasteiger partial charge in [0.2, 0.25) is 5.91 Å². The van der Waals surface area contributed by atoms with Gasteiger partial charge in [0.15, 0.2) is 0 Å². The van der Waals surface area contributed by atoms with Crippen LogP contribution in [0.1, 0.15) is 19.3 Å². The van der Waals surface area contributed by atoms with Gasteiger partial charge in [0.25, 0.3) is 10.1 Å². The highest BCUT2D eigenvalue weighted by Gasteiger charge is 2.54. The molecule has 0 aromatic rings. The van der Waals surface area contributed by atoms with Crippen LogP contribution >= 0.6 is 12.4 Å². The van der Waals surface area contributed by atoms with Crippen molar-refractivity contribution >= 4 is 28.4 Å². The molecule has 0 saturated heterocycles. The van der Waals surface area contributed by atoms with Gasteiger partial charge in [0, 0.05) is 5.92 Å². The molecule has 0 aromatic carbocycles. The average molecular weight is 285 g/mol. The van der Waals surface area contributed by atoms with E-state index in [-0.39, 0.29) is 18.3 Å². The summed E-state index contributed by atoms with van der Waals surface area (Å²) in [4.78, 5) is 10.5. The van der Waals surface area contributed by atoms with E-state index in [2.05, 4.69) is 6.58 Å². The van der Waals surface area contributed by atoms with Gasteiger partial charge in [-0.3, -0.25) is 9.35 Å². The Morgan fingerprint density at radius 3 is 2.00 bits per heavy atom. The van der Waals surface area contributed by atoms with Crippen molar-refractivity contribution in [1.82, 2.24) is 0 Å². The van der Waals surface area contributed by atoms with Gasteiger partial charge in [-0.2, -0.15) is 8.42 Å². The fourth-order valence-electron chi connectivity index (χ4n) is 1.25. The molecule has 0 radical (unpaired) electrons. The van der Waals surface area contributed by atoms with E-state index in [0.717, 1.165) is 0 Å². The van der Waals surface area contributed by atoms with E-state index in [0.29, 0.717) is 19.3 Å². The van der Waals surface area contributed by atoms with Crippen molar-refractivity contribution in [2.24, 2.45) is 17.4 Å². The van der Waals surface area contributed by atoms with E-state index in [1.54, 1.807) is 6.08 Å². The maximum Gasteiger partial charge on any atom is 0.267 e. The Kier molecular flexibility index (Phi) is 5.15. The van der Waals surface area contributed by atoms with Crippen molar-refractivity contribution in [2.75, 3.05) is 0 Å². The fourth-order valence-corrected chi connectivity index (χ4v) is 1.98. The molecule has 8 heteroatoms. The summed E-state index contributed by atoms with van der Waals surface area (Å²) in [5, 5.41) is -0.424. The SMILES string of the molecule is C=C[C@@H]1C[C@]1(N)C(N)=O.Cl.O=S(=O)(O)C1CC1. The zero-order valence-corrected chi connectivity index (χ0v) is 10.8. The maximum atomic E-state index is 10.5. The summed E-state index contributed by atoms with van der Waals surface area (Å²) in [6.45, 7) is 3.51. The van der Waals surface area contributed by atoms with Gasteiger partial charge in [-0.15, -0.1) is 19.0 Å². The summed E-state index contributed by atoms with van der Waals surface area (Å²) in [6.07, 6.45) is 3.61. The summed E-state index contributed by atoms with van der Waals surface area (Å²) >= 11 is 0. The normalized spacial score (nSPS) is 30.4. The molecule has 0 spiro atoms. The summed E-state index contributed by atoms with van der Waals surface area (Å²) < 4.78 is 28.0. The van der Waals surface area contributed by atoms with E-state index in [1.807, 2.05) is 0 Å². The molecule has 6 nitrogen and oxygen atoms in total. The minimum absolute atomic E-state index is 0. The van der Waals surface area contributed by atoms with Crippen molar-refractivity contribution in [2.45, 2.75) is 30.1 Å². The van der Waals surface area contributed by atoms with E-state index >= 15 is 0 Å². The van der Waals surface area contributed by atoms with Gasteiger partial charge >= 0.3 is 0 Å². The van der Waals surface area contributed by atoms with E-state index in [1.165, 1.54) is 0 Å². The van der Waals surface area contributed by atoms with Gasteiger partial charge in [0.1, 0.15) is 5.54 Å². The molecule has 100 valence electrons. The van der Waals surface area contributed by atoms with Gasteiger partial charge in [-0.1, -0.05) is 6.08 Å². The van der Waals surface area contributed by atoms with Gasteiger partial charge in [0.05, 0.1) is 5.25 Å². The van der Waals surface area contributed by atoms with Gasteiger partial charge < -0.3 is 11.5 Å². The van der Waals surface area contributed by atoms with Crippen molar-refractivity contribution < 1.29 is 17.8 Å². The van der Waals surface area contributed by atoms with Gasteiger partial charge in [-0.05, 0) is 19.3 Å². The Labute approximate surface area is 107 Å². The summed E-state index contributed by atoms with van der Waals surface area (Å²) in [5.74, 6) is -0.317. The lowest BCUT2D eigenvalue weighted by Gasteiger charge is -2.01. The van der Waals surface area contributed by atoms with Gasteiger partial charge in [-0.25, -0.2) is 0 Å². The molecule has 2 atom stereocenters. The molecular formula is C9H17ClN2O4S. The molecular weight excluding hydrogens is 268 g/mol. The number of hydrogen-bond acceptors (Lipinski definition) is 4. The largest absolute Gasteiger partial charge is 0.368 e. The topological polar surface area (TPSA) is 123 Å². The first-order valence-electron chi connectivity index (χ1n) is 4.89. The lowest BCUT2D eigenvalue weighted by atomic mass is 10.2. The molecule has 2 saturated carbocycles. The molecule has 0 aliphatic heterocycles. The summed E-state index contributed by atoms with van der Waals surface area (Å²) in [6, 6.07) is 0. The number of rotatable bonds is 3. The zero-order chi connectivity index (χ0) is 12.6. The number of amides is 1. The Morgan fingerprint density at radius 1 is 1.47 bits per heavy atom. The second kappa shape index (κ2) is 5.34. The van der Waals surface area contributed by atoms with Crippen LogP contribution in [0.2, 0.25) is 0 Å². The lowest BCUT2D eigenvalue weighted by Crippen LogP contribution is -2.40. The molecule has 0 bridgehead atoms. The zero-order valence-electron chi connectivity index (χ0n) is 9.20. The Bertz CT molecular complexity index is 407. The molecule has 2 rings (SSSR count). The molecule has 0 unspecified atom stereocenters. The van der Waals surface area contributed by atoms with Crippen LogP contribution in [0.5, 0.6) is 0 Å². The Balaban J connectivity index is 0.000000292. The molecule has 5 N–H and O–H groups in total. The van der Waals surface area contributed by atoms with Crippen molar-refractivity contribution in [1.29, 1.82) is 0 Å². The standard InChI is InChI=1S/C6H10N2O.C3H6O3S.ClH/c1-2-4-3-6(4,8)5(7)9;4-7(5,6)3-1-2-3;/h2,4H,1,3,8H2,(H2,7,9);3H,1-2H2,(H,4,5,6);1H/t4-,6-;;/m1../s1. The maximum absolute atomic E-state index is 10.5. The molecule has 2 aliphatic rings. The first-order chi connectivity index (χ1) is 7.21. The third kappa shape index (κ3) is 4.27. The van der Waals surface area contributed by atoms with Crippen LogP contribution in [0.3, 0.4) is 0 Å². The first kappa shape index (κ1) is 16.4. The van der Waals surface area contributed by atoms with Crippen LogP contribution in [0.4, 0.5) is 0 Å². The number of primary amides is 1. The molecule has 0 heterocycles. The summed E-state index contributed by atoms with van der Waals surface area (Å²) in [7, 11) is -3.63. The minimum Gasteiger partial charge on any atom is -0.368 e. The third-order valence-electron chi connectivity index (χ3n) is 2.75. The van der Waals surface area contributed by atoms with Crippen LogP contribution in [0.15, 0.2) is 12.7 Å². The fraction of sp³-hybridized carbons (Fsp3) is 0.667. The van der Waals surface area contributed by atoms with Crippen LogP contribution in [0.25, 0.3) is 0 Å². The second-order valence-electron chi connectivity index (χ2n) is 4.17. The molecule has 2 fully saturated rings. The first-order valence-corrected chi connectivity index (χ1v) is 6.39. The van der Waals surface area contributed by atoms with Crippen LogP contribution in [0, 0.1) is 5.92 Å². The van der Waals surface area contributed by atoms with Crippen LogP contribution < -0.4 is 11.5 Å². The smallest absolute Gasteiger partial charge is 0.267 e. The quantitative estimate of drug-likeness (QED) is 0.490. The number of halogens is 1. The third-order valence-corrected chi connectivity index (χ3v) is 4.06. The Morgan fingerprint density at radius 2 is 1.94 bits per heavy atom. The predicted molar refractivity (Wildman–Crippen MR) is 66.2 cm³/mol. The highest BCUT2D eigenvalue weighted by Crippen LogP contribution is 2.41. The molecule has 1 amide bonds. The summed E-state index contributed by atoms with van der Waals surface area (Å²) in [5.41, 5.74) is 9.72. The monoisotopic (exact) mass is 284 g/mol. The van der Waals surface area contributed by atoms with Crippen LogP contribution in [-0.2, 0) is 14.9 Å². The number of carbonyl (C=O) groups is 1. The number of hydrogen-bond donors (Lipinski definition) is 3. The van der Waals surface area contributed by atoms with Crippen molar-refractivity contribution in [3.63, 3.8) is 0 Å². The van der Waals surface area contributed by atoms with Crippen molar-refractivity contribution in [3.8, 4) is 0 Å². The highest BCUT2D eigenvalue weighted by molar-refractivity contribution is 7.86. The molecule has 2 aliphatic carbocycles. The van der Waals surface area contributed by atoms with E-state index in [4.69, 9.17) is 16.0 Å². The minimum atomic E-state index is -3.63. The molecule has 17 heavy (non-hydrogen) atoms. The Hall–Kier alpha value is -0.630. The lowest BCUT2D eigenvalue weighted by molar-refractivity contribution is -0.120. The van der Waals surface area contributed by atoms with Crippen LogP contribution in [-0.4, -0.2) is 29.7 Å². The average Bonchev–Trinajstić information content (AvgIpc) is 2.97. The second-order valence-corrected chi connectivity index (χ2v) is 5.86. The highest BCUT2D eigenvalue weighted by atomic mass is 35.5. The van der Waals surface area contributed by atoms with Crippen molar-refractivity contribution in [3.05, 3.63) is 12.7 Å². The van der Waals surface area contributed by atoms with E-state index < -0.39 is 26.8 Å². The molecule has 0 aromatic heterocycles. The predicted octanol–water partition coefficient (Wildman–Crippen LogP) is -0.166. The number of nitrogens with two attached hydrogens (primary N) is 2.